The van der Waals surface area contributed by atoms with Crippen molar-refractivity contribution < 1.29 is 9.32 Å². The highest BCUT2D eigenvalue weighted by Crippen LogP contribution is 2.33. The number of rotatable bonds is 3. The highest BCUT2D eigenvalue weighted by atomic mass is 32.1. The van der Waals surface area contributed by atoms with E-state index in [1.54, 1.807) is 0 Å². The minimum atomic E-state index is 0.138. The van der Waals surface area contributed by atoms with Gasteiger partial charge in [0.15, 0.2) is 0 Å². The van der Waals surface area contributed by atoms with Crippen molar-refractivity contribution in [1.82, 2.24) is 15.0 Å². The number of amides is 1. The maximum absolute atomic E-state index is 12.6. The molecule has 0 radical (unpaired) electrons. The van der Waals surface area contributed by atoms with Gasteiger partial charge in [-0.3, -0.25) is 4.79 Å². The van der Waals surface area contributed by atoms with Gasteiger partial charge in [0.1, 0.15) is 5.76 Å². The van der Waals surface area contributed by atoms with Gasteiger partial charge in [-0.15, -0.1) is 11.3 Å². The molecular formula is C16H21N3O2S. The lowest BCUT2D eigenvalue weighted by Gasteiger charge is -2.33. The summed E-state index contributed by atoms with van der Waals surface area (Å²) in [4.78, 5) is 18.8. The van der Waals surface area contributed by atoms with Crippen molar-refractivity contribution in [2.75, 3.05) is 32.7 Å². The van der Waals surface area contributed by atoms with Gasteiger partial charge in [0.25, 0.3) is 5.91 Å². The van der Waals surface area contributed by atoms with E-state index in [1.807, 2.05) is 30.9 Å². The summed E-state index contributed by atoms with van der Waals surface area (Å²) in [6.07, 6.45) is 0. The van der Waals surface area contributed by atoms with Crippen LogP contribution in [-0.4, -0.2) is 53.6 Å². The Morgan fingerprint density at radius 1 is 1.27 bits per heavy atom. The van der Waals surface area contributed by atoms with Gasteiger partial charge in [-0.2, -0.15) is 0 Å². The summed E-state index contributed by atoms with van der Waals surface area (Å²) in [5.74, 6) is 0.939. The van der Waals surface area contributed by atoms with Crippen LogP contribution in [-0.2, 0) is 0 Å². The number of hydrogen-bond acceptors (Lipinski definition) is 5. The van der Waals surface area contributed by atoms with Crippen LogP contribution in [0.5, 0.6) is 0 Å². The zero-order valence-electron chi connectivity index (χ0n) is 13.3. The Bertz CT molecular complexity index is 649. The second-order valence-electron chi connectivity index (χ2n) is 5.59. The Kier molecular flexibility index (Phi) is 4.31. The van der Waals surface area contributed by atoms with Crippen LogP contribution in [0.15, 0.2) is 16.7 Å². The SMILES string of the molecule is CCN1CCN(C(=O)c2ccc(-c3c(C)noc3C)s2)CC1. The van der Waals surface area contributed by atoms with Gasteiger partial charge in [0.05, 0.1) is 16.1 Å². The fraction of sp³-hybridized carbons (Fsp3) is 0.500. The lowest BCUT2D eigenvalue weighted by Crippen LogP contribution is -2.48. The lowest BCUT2D eigenvalue weighted by molar-refractivity contribution is 0.0648. The number of likely N-dealkylation sites (N-methyl/N-ethyl adjacent to an activating group) is 1. The Hall–Kier alpha value is -1.66. The van der Waals surface area contributed by atoms with Gasteiger partial charge in [-0.25, -0.2) is 0 Å². The Morgan fingerprint density at radius 2 is 2.00 bits per heavy atom. The van der Waals surface area contributed by atoms with E-state index in [0.717, 1.165) is 59.5 Å². The Labute approximate surface area is 134 Å². The largest absolute Gasteiger partial charge is 0.361 e. The summed E-state index contributed by atoms with van der Waals surface area (Å²) in [7, 11) is 0. The molecule has 0 saturated carbocycles. The molecule has 118 valence electrons. The summed E-state index contributed by atoms with van der Waals surface area (Å²) in [5, 5.41) is 3.99. The molecule has 0 spiro atoms. The van der Waals surface area contributed by atoms with E-state index in [2.05, 4.69) is 17.0 Å². The van der Waals surface area contributed by atoms with Crippen LogP contribution in [0.3, 0.4) is 0 Å². The van der Waals surface area contributed by atoms with Crippen LogP contribution < -0.4 is 0 Å². The molecule has 3 rings (SSSR count). The predicted molar refractivity (Wildman–Crippen MR) is 87.3 cm³/mol. The van der Waals surface area contributed by atoms with Crippen molar-refractivity contribution in [2.24, 2.45) is 0 Å². The molecule has 6 heteroatoms. The topological polar surface area (TPSA) is 49.6 Å². The number of carbonyl (C=O) groups is 1. The molecule has 0 bridgehead atoms. The minimum absolute atomic E-state index is 0.138. The smallest absolute Gasteiger partial charge is 0.264 e. The fourth-order valence-corrected chi connectivity index (χ4v) is 3.96. The summed E-state index contributed by atoms with van der Waals surface area (Å²) in [6, 6.07) is 3.91. The third-order valence-electron chi connectivity index (χ3n) is 4.20. The van der Waals surface area contributed by atoms with E-state index in [4.69, 9.17) is 4.52 Å². The lowest BCUT2D eigenvalue weighted by atomic mass is 10.2. The molecule has 0 atom stereocenters. The second-order valence-corrected chi connectivity index (χ2v) is 6.67. The summed E-state index contributed by atoms with van der Waals surface area (Å²) in [5.41, 5.74) is 1.88. The number of piperazine rings is 1. The van der Waals surface area contributed by atoms with Crippen molar-refractivity contribution in [1.29, 1.82) is 0 Å². The molecule has 22 heavy (non-hydrogen) atoms. The van der Waals surface area contributed by atoms with Gasteiger partial charge < -0.3 is 14.3 Å². The number of carbonyl (C=O) groups excluding carboxylic acids is 1. The first kappa shape index (κ1) is 15.2. The standard InChI is InChI=1S/C16H21N3O2S/c1-4-18-7-9-19(10-8-18)16(20)14-6-5-13(22-14)15-11(2)17-21-12(15)3/h5-6H,4,7-10H2,1-3H3. The van der Waals surface area contributed by atoms with Crippen molar-refractivity contribution in [3.63, 3.8) is 0 Å². The third kappa shape index (κ3) is 2.80. The van der Waals surface area contributed by atoms with E-state index >= 15 is 0 Å². The molecular weight excluding hydrogens is 298 g/mol. The normalized spacial score (nSPS) is 16.2. The first-order chi connectivity index (χ1) is 10.6. The van der Waals surface area contributed by atoms with Gasteiger partial charge in [0, 0.05) is 31.1 Å². The minimum Gasteiger partial charge on any atom is -0.361 e. The Morgan fingerprint density at radius 3 is 2.59 bits per heavy atom. The molecule has 1 saturated heterocycles. The van der Waals surface area contributed by atoms with Crippen LogP contribution in [0.2, 0.25) is 0 Å². The van der Waals surface area contributed by atoms with E-state index < -0.39 is 0 Å². The summed E-state index contributed by atoms with van der Waals surface area (Å²) >= 11 is 1.52. The number of aromatic nitrogens is 1. The quantitative estimate of drug-likeness (QED) is 0.873. The summed E-state index contributed by atoms with van der Waals surface area (Å²) in [6.45, 7) is 10.6. The first-order valence-electron chi connectivity index (χ1n) is 7.65. The van der Waals surface area contributed by atoms with Crippen LogP contribution in [0.4, 0.5) is 0 Å². The maximum atomic E-state index is 12.6. The summed E-state index contributed by atoms with van der Waals surface area (Å²) < 4.78 is 5.22. The Balaban J connectivity index is 1.75. The molecule has 1 fully saturated rings. The molecule has 1 amide bonds. The predicted octanol–water partition coefficient (Wildman–Crippen LogP) is 2.80. The number of hydrogen-bond donors (Lipinski definition) is 0. The van der Waals surface area contributed by atoms with Crippen LogP contribution >= 0.6 is 11.3 Å². The molecule has 0 aromatic carbocycles. The van der Waals surface area contributed by atoms with Gasteiger partial charge in [-0.05, 0) is 32.5 Å². The van der Waals surface area contributed by atoms with E-state index in [9.17, 15) is 4.79 Å². The molecule has 5 nitrogen and oxygen atoms in total. The van der Waals surface area contributed by atoms with Crippen LogP contribution in [0, 0.1) is 13.8 Å². The molecule has 2 aromatic heterocycles. The molecule has 0 N–H and O–H groups in total. The highest BCUT2D eigenvalue weighted by molar-refractivity contribution is 7.17. The average molecular weight is 319 g/mol. The molecule has 0 aliphatic carbocycles. The monoisotopic (exact) mass is 319 g/mol. The number of nitrogens with zero attached hydrogens (tertiary/aromatic N) is 3. The molecule has 0 unspecified atom stereocenters. The molecule has 1 aliphatic rings. The van der Waals surface area contributed by atoms with Crippen molar-refractivity contribution in [2.45, 2.75) is 20.8 Å². The number of thiophene rings is 1. The molecule has 1 aliphatic heterocycles. The average Bonchev–Trinajstić information content (AvgIpc) is 3.13. The van der Waals surface area contributed by atoms with Crippen molar-refractivity contribution >= 4 is 17.2 Å². The van der Waals surface area contributed by atoms with Crippen LogP contribution in [0.1, 0.15) is 28.0 Å². The highest BCUT2D eigenvalue weighted by Gasteiger charge is 2.23. The maximum Gasteiger partial charge on any atom is 0.264 e. The van der Waals surface area contributed by atoms with Gasteiger partial charge in [-0.1, -0.05) is 12.1 Å². The molecule has 2 aromatic rings. The second kappa shape index (κ2) is 6.22. The van der Waals surface area contributed by atoms with E-state index in [-0.39, 0.29) is 5.91 Å². The molecule has 3 heterocycles. The van der Waals surface area contributed by atoms with E-state index in [0.29, 0.717) is 0 Å². The van der Waals surface area contributed by atoms with Crippen LogP contribution in [0.25, 0.3) is 10.4 Å². The third-order valence-corrected chi connectivity index (χ3v) is 5.29. The first-order valence-corrected chi connectivity index (χ1v) is 8.46. The number of aryl methyl sites for hydroxylation is 2. The van der Waals surface area contributed by atoms with Crippen molar-refractivity contribution in [3.05, 3.63) is 28.5 Å². The van der Waals surface area contributed by atoms with Crippen molar-refractivity contribution in [3.8, 4) is 10.4 Å². The van der Waals surface area contributed by atoms with Gasteiger partial charge in [0.2, 0.25) is 0 Å². The fourth-order valence-electron chi connectivity index (χ4n) is 2.84. The zero-order chi connectivity index (χ0) is 15.7. The van der Waals surface area contributed by atoms with E-state index in [1.165, 1.54) is 11.3 Å². The zero-order valence-corrected chi connectivity index (χ0v) is 14.1. The van der Waals surface area contributed by atoms with Gasteiger partial charge >= 0.3 is 0 Å².